The van der Waals surface area contributed by atoms with E-state index in [1.165, 1.54) is 21.9 Å². The van der Waals surface area contributed by atoms with E-state index in [4.69, 9.17) is 5.11 Å². The summed E-state index contributed by atoms with van der Waals surface area (Å²) in [7, 11) is 0. The molecule has 2 nitrogen and oxygen atoms in total. The number of carbonyl (C=O) groups is 1. The molecule has 2 aromatic carbocycles. The molecule has 1 N–H and O–H groups in total. The Morgan fingerprint density at radius 1 is 1.06 bits per heavy atom. The van der Waals surface area contributed by atoms with Gasteiger partial charge in [0.2, 0.25) is 0 Å². The molecule has 94 valence electrons. The Balaban J connectivity index is 2.14. The Morgan fingerprint density at radius 2 is 1.78 bits per heavy atom. The zero-order chi connectivity index (χ0) is 13.0. The molecule has 0 bridgehead atoms. The Labute approximate surface area is 107 Å². The van der Waals surface area contributed by atoms with Crippen molar-refractivity contribution in [1.29, 1.82) is 0 Å². The van der Waals surface area contributed by atoms with E-state index in [1.807, 2.05) is 0 Å². The van der Waals surface area contributed by atoms with Crippen LogP contribution in [0, 0.1) is 6.92 Å². The van der Waals surface area contributed by atoms with Gasteiger partial charge in [-0.25, -0.2) is 0 Å². The zero-order valence-electron chi connectivity index (χ0n) is 10.6. The first-order chi connectivity index (χ1) is 8.68. The predicted molar refractivity (Wildman–Crippen MR) is 73.9 cm³/mol. The number of carboxylic acids is 1. The minimum absolute atomic E-state index is 0.268. The maximum absolute atomic E-state index is 10.5. The second-order valence-electron chi connectivity index (χ2n) is 4.69. The molecule has 0 atom stereocenters. The molecule has 0 fully saturated rings. The average molecular weight is 242 g/mol. The smallest absolute Gasteiger partial charge is 0.303 e. The van der Waals surface area contributed by atoms with Crippen molar-refractivity contribution in [3.63, 3.8) is 0 Å². The number of carboxylic acid groups (broad SMARTS) is 1. The molecule has 0 amide bonds. The monoisotopic (exact) mass is 242 g/mol. The van der Waals surface area contributed by atoms with E-state index in [0.717, 1.165) is 19.3 Å². The minimum Gasteiger partial charge on any atom is -0.481 e. The molecular formula is C16H18O2. The van der Waals surface area contributed by atoms with Crippen molar-refractivity contribution in [1.82, 2.24) is 0 Å². The Hall–Kier alpha value is -1.83. The highest BCUT2D eigenvalue weighted by Crippen LogP contribution is 2.23. The summed E-state index contributed by atoms with van der Waals surface area (Å²) in [6.07, 6.45) is 2.90. The largest absolute Gasteiger partial charge is 0.481 e. The van der Waals surface area contributed by atoms with Crippen LogP contribution in [0.5, 0.6) is 0 Å². The fourth-order valence-corrected chi connectivity index (χ4v) is 2.32. The van der Waals surface area contributed by atoms with Gasteiger partial charge < -0.3 is 5.11 Å². The van der Waals surface area contributed by atoms with Gasteiger partial charge in [-0.15, -0.1) is 0 Å². The molecule has 18 heavy (non-hydrogen) atoms. The van der Waals surface area contributed by atoms with Crippen molar-refractivity contribution in [2.24, 2.45) is 0 Å². The van der Waals surface area contributed by atoms with Gasteiger partial charge in [-0.1, -0.05) is 36.4 Å². The molecule has 2 rings (SSSR count). The molecule has 0 aliphatic rings. The standard InChI is InChI=1S/C16H18O2/c1-12-10-11-13(6-2-5-9-16(17)18)15-8-4-3-7-14(12)15/h3-4,7-8,10-11H,2,5-6,9H2,1H3,(H,17,18). The highest BCUT2D eigenvalue weighted by atomic mass is 16.4. The molecule has 0 radical (unpaired) electrons. The van der Waals surface area contributed by atoms with Gasteiger partial charge in [0.1, 0.15) is 0 Å². The lowest BCUT2D eigenvalue weighted by atomic mass is 9.97. The van der Waals surface area contributed by atoms with Crippen molar-refractivity contribution in [2.75, 3.05) is 0 Å². The van der Waals surface area contributed by atoms with E-state index >= 15 is 0 Å². The third kappa shape index (κ3) is 2.89. The first-order valence-electron chi connectivity index (χ1n) is 6.37. The summed E-state index contributed by atoms with van der Waals surface area (Å²) in [4.78, 5) is 10.5. The van der Waals surface area contributed by atoms with Crippen LogP contribution in [-0.4, -0.2) is 11.1 Å². The van der Waals surface area contributed by atoms with Gasteiger partial charge in [0.05, 0.1) is 0 Å². The molecule has 0 unspecified atom stereocenters. The third-order valence-corrected chi connectivity index (χ3v) is 3.32. The molecule has 0 heterocycles. The summed E-state index contributed by atoms with van der Waals surface area (Å²) in [5.41, 5.74) is 2.61. The van der Waals surface area contributed by atoms with Crippen molar-refractivity contribution in [2.45, 2.75) is 32.6 Å². The summed E-state index contributed by atoms with van der Waals surface area (Å²) in [5, 5.41) is 11.2. The number of rotatable bonds is 5. The molecule has 2 heteroatoms. The normalized spacial score (nSPS) is 10.7. The van der Waals surface area contributed by atoms with E-state index < -0.39 is 5.97 Å². The molecule has 0 saturated carbocycles. The van der Waals surface area contributed by atoms with Crippen molar-refractivity contribution >= 4 is 16.7 Å². The number of unbranched alkanes of at least 4 members (excludes halogenated alkanes) is 1. The van der Waals surface area contributed by atoms with Crippen LogP contribution >= 0.6 is 0 Å². The maximum Gasteiger partial charge on any atom is 0.303 e. The van der Waals surface area contributed by atoms with Crippen molar-refractivity contribution < 1.29 is 9.90 Å². The van der Waals surface area contributed by atoms with E-state index in [0.29, 0.717) is 0 Å². The summed E-state index contributed by atoms with van der Waals surface area (Å²) < 4.78 is 0. The van der Waals surface area contributed by atoms with Crippen molar-refractivity contribution in [3.8, 4) is 0 Å². The van der Waals surface area contributed by atoms with Crippen molar-refractivity contribution in [3.05, 3.63) is 47.5 Å². The summed E-state index contributed by atoms with van der Waals surface area (Å²) in [5.74, 6) is -0.705. The van der Waals surface area contributed by atoms with Gasteiger partial charge in [-0.3, -0.25) is 4.79 Å². The number of hydrogen-bond acceptors (Lipinski definition) is 1. The van der Waals surface area contributed by atoms with Gasteiger partial charge in [0.25, 0.3) is 0 Å². The molecule has 0 aliphatic carbocycles. The lowest BCUT2D eigenvalue weighted by Gasteiger charge is -2.08. The number of hydrogen-bond donors (Lipinski definition) is 1. The van der Waals surface area contributed by atoms with Gasteiger partial charge >= 0.3 is 5.97 Å². The Kier molecular flexibility index (Phi) is 3.98. The number of aliphatic carboxylic acids is 1. The zero-order valence-corrected chi connectivity index (χ0v) is 10.6. The molecular weight excluding hydrogens is 224 g/mol. The van der Waals surface area contributed by atoms with Crippen LogP contribution in [0.2, 0.25) is 0 Å². The highest BCUT2D eigenvalue weighted by Gasteiger charge is 2.03. The lowest BCUT2D eigenvalue weighted by Crippen LogP contribution is -1.95. The number of aryl methyl sites for hydroxylation is 2. The van der Waals surface area contributed by atoms with E-state index in [-0.39, 0.29) is 6.42 Å². The summed E-state index contributed by atoms with van der Waals surface area (Å²) in [6, 6.07) is 12.7. The average Bonchev–Trinajstić information content (AvgIpc) is 2.37. The van der Waals surface area contributed by atoms with E-state index in [1.54, 1.807) is 0 Å². The van der Waals surface area contributed by atoms with E-state index in [2.05, 4.69) is 43.3 Å². The van der Waals surface area contributed by atoms with Gasteiger partial charge in [-0.05, 0) is 48.1 Å². The van der Waals surface area contributed by atoms with E-state index in [9.17, 15) is 4.79 Å². The second-order valence-corrected chi connectivity index (χ2v) is 4.69. The Bertz CT molecular complexity index is 558. The van der Waals surface area contributed by atoms with Crippen LogP contribution in [0.3, 0.4) is 0 Å². The quantitative estimate of drug-likeness (QED) is 0.806. The molecule has 0 aromatic heterocycles. The second kappa shape index (κ2) is 5.67. The van der Waals surface area contributed by atoms with Crippen LogP contribution in [0.15, 0.2) is 36.4 Å². The van der Waals surface area contributed by atoms with Gasteiger partial charge in [0.15, 0.2) is 0 Å². The molecule has 0 spiro atoms. The lowest BCUT2D eigenvalue weighted by molar-refractivity contribution is -0.137. The molecule has 0 saturated heterocycles. The first-order valence-corrected chi connectivity index (χ1v) is 6.37. The van der Waals surface area contributed by atoms with Crippen LogP contribution < -0.4 is 0 Å². The third-order valence-electron chi connectivity index (χ3n) is 3.32. The predicted octanol–water partition coefficient (Wildman–Crippen LogP) is 3.95. The fraction of sp³-hybridized carbons (Fsp3) is 0.312. The maximum atomic E-state index is 10.5. The fourth-order valence-electron chi connectivity index (χ4n) is 2.32. The van der Waals surface area contributed by atoms with Gasteiger partial charge in [-0.2, -0.15) is 0 Å². The van der Waals surface area contributed by atoms with Crippen LogP contribution in [0.4, 0.5) is 0 Å². The van der Waals surface area contributed by atoms with Crippen LogP contribution in [0.25, 0.3) is 10.8 Å². The SMILES string of the molecule is Cc1ccc(CCCCC(=O)O)c2ccccc12. The highest BCUT2D eigenvalue weighted by molar-refractivity contribution is 5.88. The minimum atomic E-state index is -0.705. The molecule has 0 aliphatic heterocycles. The van der Waals surface area contributed by atoms with Crippen LogP contribution in [-0.2, 0) is 11.2 Å². The van der Waals surface area contributed by atoms with Crippen LogP contribution in [0.1, 0.15) is 30.4 Å². The Morgan fingerprint density at radius 3 is 2.50 bits per heavy atom. The summed E-state index contributed by atoms with van der Waals surface area (Å²) >= 11 is 0. The molecule has 2 aromatic rings. The summed E-state index contributed by atoms with van der Waals surface area (Å²) in [6.45, 7) is 2.12. The number of fused-ring (bicyclic) bond motifs is 1. The number of benzene rings is 2. The van der Waals surface area contributed by atoms with Gasteiger partial charge in [0, 0.05) is 6.42 Å². The first kappa shape index (κ1) is 12.6. The topological polar surface area (TPSA) is 37.3 Å².